The second-order valence-corrected chi connectivity index (χ2v) is 2.98. The Morgan fingerprint density at radius 3 is 2.31 bits per heavy atom. The summed E-state index contributed by atoms with van der Waals surface area (Å²) in [4.78, 5) is 18.6. The minimum atomic E-state index is -0.0453. The van der Waals surface area contributed by atoms with Gasteiger partial charge in [0.15, 0.2) is 5.78 Å². The van der Waals surface area contributed by atoms with Crippen molar-refractivity contribution in [3.05, 3.63) is 18.0 Å². The lowest BCUT2D eigenvalue weighted by molar-refractivity contribution is 0.101. The maximum atomic E-state index is 10.9. The molecule has 0 unspecified atom stereocenters. The normalized spacial score (nSPS) is 10.2. The zero-order valence-corrected chi connectivity index (χ0v) is 7.94. The van der Waals surface area contributed by atoms with Gasteiger partial charge in [-0.25, -0.2) is 9.97 Å². The first-order chi connectivity index (χ1) is 6.09. The molecule has 0 aliphatic rings. The molecule has 0 aliphatic heterocycles. The van der Waals surface area contributed by atoms with Crippen molar-refractivity contribution in [2.24, 2.45) is 0 Å². The van der Waals surface area contributed by atoms with Crippen LogP contribution in [0.5, 0.6) is 6.01 Å². The summed E-state index contributed by atoms with van der Waals surface area (Å²) in [6.07, 6.45) is 2.98. The summed E-state index contributed by atoms with van der Waals surface area (Å²) in [7, 11) is 0. The molecule has 0 radical (unpaired) electrons. The van der Waals surface area contributed by atoms with Gasteiger partial charge in [-0.05, 0) is 20.8 Å². The van der Waals surface area contributed by atoms with Gasteiger partial charge in [-0.1, -0.05) is 0 Å². The van der Waals surface area contributed by atoms with Crippen molar-refractivity contribution in [3.8, 4) is 6.01 Å². The quantitative estimate of drug-likeness (QED) is 0.661. The zero-order valence-electron chi connectivity index (χ0n) is 7.94. The Bertz CT molecular complexity index is 293. The molecule has 0 saturated carbocycles. The summed E-state index contributed by atoms with van der Waals surface area (Å²) in [5, 5.41) is 0. The lowest BCUT2D eigenvalue weighted by Gasteiger charge is -2.06. The predicted octanol–water partition coefficient (Wildman–Crippen LogP) is 1.47. The summed E-state index contributed by atoms with van der Waals surface area (Å²) < 4.78 is 5.22. The first kappa shape index (κ1) is 9.64. The Morgan fingerprint density at radius 2 is 1.92 bits per heavy atom. The third kappa shape index (κ3) is 2.82. The molecule has 13 heavy (non-hydrogen) atoms. The molecular formula is C9H12N2O2. The van der Waals surface area contributed by atoms with Crippen LogP contribution in [0.4, 0.5) is 0 Å². The van der Waals surface area contributed by atoms with Gasteiger partial charge in [-0.2, -0.15) is 0 Å². The van der Waals surface area contributed by atoms with Gasteiger partial charge in [0.05, 0.1) is 11.7 Å². The third-order valence-corrected chi connectivity index (χ3v) is 1.38. The number of nitrogens with zero attached hydrogens (tertiary/aromatic N) is 2. The average Bonchev–Trinajstić information content (AvgIpc) is 2.04. The largest absolute Gasteiger partial charge is 0.461 e. The second kappa shape index (κ2) is 3.98. The molecule has 0 atom stereocenters. The molecule has 1 rings (SSSR count). The highest BCUT2D eigenvalue weighted by atomic mass is 16.5. The fourth-order valence-electron chi connectivity index (χ4n) is 0.770. The van der Waals surface area contributed by atoms with Crippen LogP contribution in [0.2, 0.25) is 0 Å². The van der Waals surface area contributed by atoms with E-state index in [1.165, 1.54) is 19.3 Å². The van der Waals surface area contributed by atoms with E-state index in [0.717, 1.165) is 0 Å². The summed E-state index contributed by atoms with van der Waals surface area (Å²) >= 11 is 0. The first-order valence-corrected chi connectivity index (χ1v) is 4.09. The van der Waals surface area contributed by atoms with Crippen LogP contribution >= 0.6 is 0 Å². The van der Waals surface area contributed by atoms with Crippen LogP contribution in [-0.2, 0) is 0 Å². The van der Waals surface area contributed by atoms with E-state index < -0.39 is 0 Å². The smallest absolute Gasteiger partial charge is 0.316 e. The van der Waals surface area contributed by atoms with Crippen molar-refractivity contribution >= 4 is 5.78 Å². The van der Waals surface area contributed by atoms with E-state index in [9.17, 15) is 4.79 Å². The van der Waals surface area contributed by atoms with Crippen molar-refractivity contribution in [1.82, 2.24) is 9.97 Å². The standard InChI is InChI=1S/C9H12N2O2/c1-6(2)13-9-10-4-8(5-11-9)7(3)12/h4-6H,1-3H3. The molecule has 4 heteroatoms. The molecule has 1 aromatic rings. The summed E-state index contributed by atoms with van der Waals surface area (Å²) in [6, 6.07) is 0.306. The van der Waals surface area contributed by atoms with Crippen molar-refractivity contribution < 1.29 is 9.53 Å². The molecule has 0 amide bonds. The van der Waals surface area contributed by atoms with E-state index in [1.54, 1.807) is 0 Å². The molecule has 0 spiro atoms. The van der Waals surface area contributed by atoms with Gasteiger partial charge in [0.25, 0.3) is 0 Å². The Balaban J connectivity index is 2.75. The summed E-state index contributed by atoms with van der Waals surface area (Å²) in [6.45, 7) is 5.26. The summed E-state index contributed by atoms with van der Waals surface area (Å²) in [5.74, 6) is -0.0453. The zero-order chi connectivity index (χ0) is 9.84. The fraction of sp³-hybridized carbons (Fsp3) is 0.444. The number of carbonyl (C=O) groups excluding carboxylic acids is 1. The number of hydrogen-bond donors (Lipinski definition) is 0. The number of rotatable bonds is 3. The lowest BCUT2D eigenvalue weighted by Crippen LogP contribution is -2.08. The number of hydrogen-bond acceptors (Lipinski definition) is 4. The van der Waals surface area contributed by atoms with Crippen molar-refractivity contribution in [2.45, 2.75) is 26.9 Å². The Hall–Kier alpha value is -1.45. The van der Waals surface area contributed by atoms with E-state index in [1.807, 2.05) is 13.8 Å². The SMILES string of the molecule is CC(=O)c1cnc(OC(C)C)nc1. The van der Waals surface area contributed by atoms with Gasteiger partial charge in [0, 0.05) is 12.4 Å². The highest BCUT2D eigenvalue weighted by molar-refractivity contribution is 5.93. The molecule has 0 N–H and O–H groups in total. The number of ether oxygens (including phenoxy) is 1. The molecule has 0 aliphatic carbocycles. The molecule has 1 heterocycles. The monoisotopic (exact) mass is 180 g/mol. The van der Waals surface area contributed by atoms with Gasteiger partial charge < -0.3 is 4.74 Å². The third-order valence-electron chi connectivity index (χ3n) is 1.38. The van der Waals surface area contributed by atoms with Gasteiger partial charge in [-0.15, -0.1) is 0 Å². The first-order valence-electron chi connectivity index (χ1n) is 4.09. The number of ketones is 1. The number of carbonyl (C=O) groups is 1. The van der Waals surface area contributed by atoms with Crippen molar-refractivity contribution in [2.75, 3.05) is 0 Å². The molecule has 0 bridgehead atoms. The van der Waals surface area contributed by atoms with Crippen LogP contribution in [0.3, 0.4) is 0 Å². The van der Waals surface area contributed by atoms with Gasteiger partial charge >= 0.3 is 6.01 Å². The lowest BCUT2D eigenvalue weighted by atomic mass is 10.2. The van der Waals surface area contributed by atoms with Gasteiger partial charge in [0.2, 0.25) is 0 Å². The Labute approximate surface area is 77.0 Å². The molecular weight excluding hydrogens is 168 g/mol. The van der Waals surface area contributed by atoms with Crippen LogP contribution in [0, 0.1) is 0 Å². The summed E-state index contributed by atoms with van der Waals surface area (Å²) in [5.41, 5.74) is 0.496. The minimum absolute atomic E-state index is 0.0446. The maximum absolute atomic E-state index is 10.9. The van der Waals surface area contributed by atoms with Crippen LogP contribution in [0.1, 0.15) is 31.1 Å². The van der Waals surface area contributed by atoms with Gasteiger partial charge in [0.1, 0.15) is 0 Å². The van der Waals surface area contributed by atoms with Crippen LogP contribution in [0.25, 0.3) is 0 Å². The fourth-order valence-corrected chi connectivity index (χ4v) is 0.770. The molecule has 4 nitrogen and oxygen atoms in total. The topological polar surface area (TPSA) is 52.1 Å². The number of aromatic nitrogens is 2. The molecule has 1 aromatic heterocycles. The molecule has 0 aromatic carbocycles. The van der Waals surface area contributed by atoms with Crippen LogP contribution in [-0.4, -0.2) is 21.9 Å². The number of Topliss-reactive ketones (excluding diaryl/α,β-unsaturated/α-hetero) is 1. The van der Waals surface area contributed by atoms with E-state index in [-0.39, 0.29) is 11.9 Å². The van der Waals surface area contributed by atoms with E-state index in [0.29, 0.717) is 11.6 Å². The highest BCUT2D eigenvalue weighted by Crippen LogP contribution is 2.04. The predicted molar refractivity (Wildman–Crippen MR) is 47.8 cm³/mol. The average molecular weight is 180 g/mol. The maximum Gasteiger partial charge on any atom is 0.316 e. The molecule has 0 fully saturated rings. The second-order valence-electron chi connectivity index (χ2n) is 2.98. The van der Waals surface area contributed by atoms with Gasteiger partial charge in [-0.3, -0.25) is 4.79 Å². The van der Waals surface area contributed by atoms with E-state index in [2.05, 4.69) is 9.97 Å². The molecule has 70 valence electrons. The Morgan fingerprint density at radius 1 is 1.38 bits per heavy atom. The van der Waals surface area contributed by atoms with Crippen LogP contribution < -0.4 is 4.74 Å². The Kier molecular flexibility index (Phi) is 2.95. The van der Waals surface area contributed by atoms with E-state index in [4.69, 9.17) is 4.74 Å². The molecule has 0 saturated heterocycles. The van der Waals surface area contributed by atoms with Crippen molar-refractivity contribution in [3.63, 3.8) is 0 Å². The van der Waals surface area contributed by atoms with Crippen LogP contribution in [0.15, 0.2) is 12.4 Å². The minimum Gasteiger partial charge on any atom is -0.461 e. The van der Waals surface area contributed by atoms with E-state index >= 15 is 0 Å². The van der Waals surface area contributed by atoms with Crippen molar-refractivity contribution in [1.29, 1.82) is 0 Å². The highest BCUT2D eigenvalue weighted by Gasteiger charge is 2.03.